The second kappa shape index (κ2) is 12.4. The molecular weight excluding hydrogens is 580 g/mol. The number of amides is 1. The van der Waals surface area contributed by atoms with Gasteiger partial charge < -0.3 is 20.0 Å². The second-order valence-electron chi connectivity index (χ2n) is 9.15. The Labute approximate surface area is 233 Å². The molecule has 12 nitrogen and oxygen atoms in total. The predicted molar refractivity (Wildman–Crippen MR) is 130 cm³/mol. The van der Waals surface area contributed by atoms with Crippen LogP contribution in [0.5, 0.6) is 0 Å². The summed E-state index contributed by atoms with van der Waals surface area (Å²) < 4.78 is 65.0. The van der Waals surface area contributed by atoms with E-state index in [-0.39, 0.29) is 17.1 Å². The van der Waals surface area contributed by atoms with Gasteiger partial charge in [-0.3, -0.25) is 19.4 Å². The van der Waals surface area contributed by atoms with Gasteiger partial charge in [-0.15, -0.1) is 5.10 Å². The Morgan fingerprint density at radius 2 is 1.52 bits per heavy atom. The number of rotatable bonds is 3. The molecule has 0 bridgehead atoms. The molecule has 1 spiro atoms. The van der Waals surface area contributed by atoms with Crippen molar-refractivity contribution in [1.82, 2.24) is 29.6 Å². The van der Waals surface area contributed by atoms with Gasteiger partial charge in [0.1, 0.15) is 6.33 Å². The van der Waals surface area contributed by atoms with E-state index in [0.717, 1.165) is 36.6 Å². The molecule has 42 heavy (non-hydrogen) atoms. The smallest absolute Gasteiger partial charge is 0.475 e. The summed E-state index contributed by atoms with van der Waals surface area (Å²) in [6.07, 6.45) is -4.06. The number of fused-ring (bicyclic) bond motifs is 2. The fourth-order valence-corrected chi connectivity index (χ4v) is 4.36. The Bertz CT molecular complexity index is 1390. The van der Waals surface area contributed by atoms with Crippen molar-refractivity contribution in [2.45, 2.75) is 30.7 Å². The van der Waals surface area contributed by atoms with E-state index in [2.05, 4.69) is 26.0 Å². The van der Waals surface area contributed by atoms with Crippen molar-refractivity contribution in [3.63, 3.8) is 0 Å². The lowest BCUT2D eigenvalue weighted by molar-refractivity contribution is -0.193. The minimum atomic E-state index is -5.08. The maximum absolute atomic E-state index is 12.8. The van der Waals surface area contributed by atoms with Gasteiger partial charge in [-0.25, -0.2) is 14.6 Å². The van der Waals surface area contributed by atoms with Gasteiger partial charge in [0.2, 0.25) is 5.82 Å². The van der Waals surface area contributed by atoms with Crippen molar-refractivity contribution in [2.24, 2.45) is 7.05 Å². The largest absolute Gasteiger partial charge is 0.490 e. The van der Waals surface area contributed by atoms with Crippen LogP contribution in [0.25, 0.3) is 0 Å². The van der Waals surface area contributed by atoms with Crippen LogP contribution < -0.4 is 4.90 Å². The van der Waals surface area contributed by atoms with Crippen LogP contribution in [-0.4, -0.2) is 89.7 Å². The molecule has 5 heterocycles. The van der Waals surface area contributed by atoms with E-state index in [4.69, 9.17) is 24.8 Å². The summed E-state index contributed by atoms with van der Waals surface area (Å²) in [5, 5.41) is 18.4. The van der Waals surface area contributed by atoms with Crippen molar-refractivity contribution in [3.05, 3.63) is 66.3 Å². The van der Waals surface area contributed by atoms with Crippen LogP contribution in [0, 0.1) is 0 Å². The van der Waals surface area contributed by atoms with Gasteiger partial charge in [0, 0.05) is 39.1 Å². The summed E-state index contributed by atoms with van der Waals surface area (Å²) in [4.78, 5) is 48.1. The number of pyridine rings is 2. The average Bonchev–Trinajstić information content (AvgIpc) is 3.62. The Morgan fingerprint density at radius 3 is 2.05 bits per heavy atom. The van der Waals surface area contributed by atoms with Crippen molar-refractivity contribution >= 4 is 23.5 Å². The van der Waals surface area contributed by atoms with Crippen molar-refractivity contribution in [1.29, 1.82) is 0 Å². The first-order valence-corrected chi connectivity index (χ1v) is 11.9. The van der Waals surface area contributed by atoms with E-state index in [1.165, 1.54) is 0 Å². The molecule has 0 aromatic carbocycles. The third-order valence-corrected chi connectivity index (χ3v) is 6.12. The van der Waals surface area contributed by atoms with Gasteiger partial charge in [-0.2, -0.15) is 26.3 Å². The number of aryl methyl sites for hydroxylation is 1. The lowest BCUT2D eigenvalue weighted by Crippen LogP contribution is -2.38. The van der Waals surface area contributed by atoms with Gasteiger partial charge in [-0.1, -0.05) is 6.07 Å². The molecule has 1 amide bonds. The third kappa shape index (κ3) is 7.70. The zero-order chi connectivity index (χ0) is 31.3. The highest BCUT2D eigenvalue weighted by Gasteiger charge is 2.50. The van der Waals surface area contributed by atoms with Gasteiger partial charge in [-0.05, 0) is 30.7 Å². The fraction of sp³-hybridized carbons (Fsp3) is 0.375. The third-order valence-electron chi connectivity index (χ3n) is 6.12. The van der Waals surface area contributed by atoms with Gasteiger partial charge in [0.15, 0.2) is 0 Å². The fourth-order valence-electron chi connectivity index (χ4n) is 4.36. The number of halogens is 6. The number of alkyl halides is 6. The SMILES string of the molecule is Cn1cnc(C(=O)N2CCC3(C2)CN(Cc2ccccn2)c2cccnc23)n1.O=C(O)C(F)(F)F.O=C(O)C(F)(F)F. The lowest BCUT2D eigenvalue weighted by Gasteiger charge is -2.25. The molecule has 1 saturated heterocycles. The average molecular weight is 603 g/mol. The predicted octanol–water partition coefficient (Wildman–Crippen LogP) is 2.68. The summed E-state index contributed by atoms with van der Waals surface area (Å²) in [5.74, 6) is -5.37. The van der Waals surface area contributed by atoms with Crippen LogP contribution in [0.3, 0.4) is 0 Å². The highest BCUT2D eigenvalue weighted by atomic mass is 19.4. The zero-order valence-corrected chi connectivity index (χ0v) is 21.7. The number of aliphatic carboxylic acids is 2. The quantitative estimate of drug-likeness (QED) is 0.427. The number of carbonyl (C=O) groups excluding carboxylic acids is 1. The first-order chi connectivity index (χ1) is 19.5. The van der Waals surface area contributed by atoms with E-state index < -0.39 is 24.3 Å². The molecule has 226 valence electrons. The second-order valence-corrected chi connectivity index (χ2v) is 9.15. The van der Waals surface area contributed by atoms with Crippen LogP contribution in [0.4, 0.5) is 32.0 Å². The monoisotopic (exact) mass is 603 g/mol. The highest BCUT2D eigenvalue weighted by Crippen LogP contribution is 2.45. The van der Waals surface area contributed by atoms with Crippen molar-refractivity contribution in [2.75, 3.05) is 24.5 Å². The maximum atomic E-state index is 12.8. The van der Waals surface area contributed by atoms with Crippen LogP contribution in [0.1, 0.15) is 28.4 Å². The Hall–Kier alpha value is -4.77. The zero-order valence-electron chi connectivity index (χ0n) is 21.7. The van der Waals surface area contributed by atoms with Crippen molar-refractivity contribution in [3.8, 4) is 0 Å². The number of aromatic nitrogens is 5. The van der Waals surface area contributed by atoms with E-state index in [1.54, 1.807) is 18.1 Å². The number of carboxylic acid groups (broad SMARTS) is 2. The summed E-state index contributed by atoms with van der Waals surface area (Å²) in [6, 6.07) is 10.1. The number of carbonyl (C=O) groups is 3. The molecule has 5 rings (SSSR count). The van der Waals surface area contributed by atoms with Crippen LogP contribution in [-0.2, 0) is 28.6 Å². The van der Waals surface area contributed by atoms with Crippen molar-refractivity contribution < 1.29 is 50.9 Å². The molecule has 0 radical (unpaired) electrons. The molecule has 3 aromatic heterocycles. The number of hydrogen-bond donors (Lipinski definition) is 2. The van der Waals surface area contributed by atoms with E-state index in [9.17, 15) is 31.1 Å². The molecule has 2 N–H and O–H groups in total. The molecule has 1 unspecified atom stereocenters. The maximum Gasteiger partial charge on any atom is 0.490 e. The van der Waals surface area contributed by atoms with E-state index >= 15 is 0 Å². The van der Waals surface area contributed by atoms with E-state index in [1.807, 2.05) is 41.6 Å². The molecule has 18 heteroatoms. The molecule has 1 fully saturated rings. The molecular formula is C24H23F6N7O5. The molecule has 2 aliphatic rings. The van der Waals surface area contributed by atoms with E-state index in [0.29, 0.717) is 13.1 Å². The van der Waals surface area contributed by atoms with Crippen LogP contribution in [0.15, 0.2) is 49.1 Å². The van der Waals surface area contributed by atoms with Crippen LogP contribution in [0.2, 0.25) is 0 Å². The van der Waals surface area contributed by atoms with Gasteiger partial charge >= 0.3 is 24.3 Å². The molecule has 3 aromatic rings. The number of anilines is 1. The minimum absolute atomic E-state index is 0.113. The Kier molecular flexibility index (Phi) is 9.37. The normalized spacial score (nSPS) is 17.6. The summed E-state index contributed by atoms with van der Waals surface area (Å²) in [7, 11) is 1.77. The topological polar surface area (TPSA) is 155 Å². The van der Waals surface area contributed by atoms with Gasteiger partial charge in [0.25, 0.3) is 5.91 Å². The minimum Gasteiger partial charge on any atom is -0.475 e. The molecule has 1 atom stereocenters. The summed E-state index contributed by atoms with van der Waals surface area (Å²) in [5.41, 5.74) is 3.09. The molecule has 0 saturated carbocycles. The summed E-state index contributed by atoms with van der Waals surface area (Å²) >= 11 is 0. The summed E-state index contributed by atoms with van der Waals surface area (Å²) in [6.45, 7) is 2.88. The number of likely N-dealkylation sites (tertiary alicyclic amines) is 1. The first-order valence-electron chi connectivity index (χ1n) is 11.9. The molecule has 0 aliphatic carbocycles. The number of nitrogens with zero attached hydrogens (tertiary/aromatic N) is 7. The standard InChI is InChI=1S/C20H21N7O.2C2HF3O2/c1-25-14-23-18(24-25)19(28)26-10-7-20(12-26)13-27(11-15-5-2-3-8-21-15)16-6-4-9-22-17(16)20;2*3-2(4,5)1(6)7/h2-6,8-9,14H,7,10-13H2,1H3;2*(H,6,7). The lowest BCUT2D eigenvalue weighted by atomic mass is 9.85. The van der Waals surface area contributed by atoms with Gasteiger partial charge in [0.05, 0.1) is 29.0 Å². The Morgan fingerprint density at radius 1 is 0.905 bits per heavy atom. The number of hydrogen-bond acceptors (Lipinski definition) is 8. The molecule has 2 aliphatic heterocycles. The first kappa shape index (κ1) is 31.8. The highest BCUT2D eigenvalue weighted by molar-refractivity contribution is 5.90. The number of carboxylic acids is 2. The van der Waals surface area contributed by atoms with Crippen LogP contribution >= 0.6 is 0 Å². The Balaban J connectivity index is 0.000000289.